The van der Waals surface area contributed by atoms with Gasteiger partial charge in [-0.1, -0.05) is 13.0 Å². The van der Waals surface area contributed by atoms with Crippen LogP contribution in [0.5, 0.6) is 0 Å². The normalized spacial score (nSPS) is 18.0. The molecule has 5 heteroatoms. The first-order valence-electron chi connectivity index (χ1n) is 8.18. The van der Waals surface area contributed by atoms with E-state index in [-0.39, 0.29) is 17.9 Å². The highest BCUT2D eigenvalue weighted by Crippen LogP contribution is 2.18. The summed E-state index contributed by atoms with van der Waals surface area (Å²) in [4.78, 5) is 30.4. The van der Waals surface area contributed by atoms with Crippen LogP contribution in [0.1, 0.15) is 44.6 Å². The van der Waals surface area contributed by atoms with Crippen LogP contribution >= 0.6 is 0 Å². The van der Waals surface area contributed by atoms with Gasteiger partial charge in [-0.2, -0.15) is 0 Å². The highest BCUT2D eigenvalue weighted by atomic mass is 16.2. The predicted octanol–water partition coefficient (Wildman–Crippen LogP) is 1.92. The summed E-state index contributed by atoms with van der Waals surface area (Å²) < 4.78 is 0. The third kappa shape index (κ3) is 4.55. The molecule has 1 aliphatic heterocycles. The van der Waals surface area contributed by atoms with E-state index < -0.39 is 0 Å². The molecule has 1 N–H and O–H groups in total. The molecule has 1 aliphatic rings. The van der Waals surface area contributed by atoms with Crippen molar-refractivity contribution in [3.8, 4) is 0 Å². The Hall–Kier alpha value is -1.91. The summed E-state index contributed by atoms with van der Waals surface area (Å²) >= 11 is 0. The maximum absolute atomic E-state index is 12.4. The number of hydrogen-bond acceptors (Lipinski definition) is 3. The molecule has 0 aliphatic carbocycles. The molecule has 1 atom stereocenters. The second kappa shape index (κ2) is 8.51. The molecule has 0 aromatic carbocycles. The lowest BCUT2D eigenvalue weighted by molar-refractivity contribution is -0.142. The average molecular weight is 303 g/mol. The van der Waals surface area contributed by atoms with Crippen LogP contribution in [0.15, 0.2) is 24.5 Å². The Morgan fingerprint density at radius 3 is 3.00 bits per heavy atom. The zero-order chi connectivity index (χ0) is 15.8. The lowest BCUT2D eigenvalue weighted by atomic mass is 10.0. The molecule has 0 radical (unpaired) electrons. The molecule has 120 valence electrons. The molecule has 2 rings (SSSR count). The summed E-state index contributed by atoms with van der Waals surface area (Å²) in [5, 5.41) is 2.97. The number of nitrogens with zero attached hydrogens (tertiary/aromatic N) is 2. The molecule has 2 amide bonds. The predicted molar refractivity (Wildman–Crippen MR) is 85.2 cm³/mol. The molecule has 1 aromatic heterocycles. The Labute approximate surface area is 132 Å². The maximum atomic E-state index is 12.4. The van der Waals surface area contributed by atoms with Crippen LogP contribution in [0.2, 0.25) is 0 Å². The van der Waals surface area contributed by atoms with Gasteiger partial charge in [0, 0.05) is 31.9 Å². The number of aromatic nitrogens is 1. The minimum atomic E-state index is -0.290. The van der Waals surface area contributed by atoms with Crippen LogP contribution < -0.4 is 5.32 Å². The fraction of sp³-hybridized carbons (Fsp3) is 0.588. The second-order valence-electron chi connectivity index (χ2n) is 5.75. The third-order valence-electron chi connectivity index (χ3n) is 4.03. The lowest BCUT2D eigenvalue weighted by Crippen LogP contribution is -2.52. The van der Waals surface area contributed by atoms with Crippen molar-refractivity contribution in [3.63, 3.8) is 0 Å². The van der Waals surface area contributed by atoms with Crippen LogP contribution in [0.3, 0.4) is 0 Å². The van der Waals surface area contributed by atoms with E-state index in [1.807, 2.05) is 25.3 Å². The summed E-state index contributed by atoms with van der Waals surface area (Å²) in [5.41, 5.74) is 1.10. The Morgan fingerprint density at radius 2 is 2.27 bits per heavy atom. The molecule has 0 unspecified atom stereocenters. The van der Waals surface area contributed by atoms with Gasteiger partial charge in [0.05, 0.1) is 0 Å². The number of nitrogens with one attached hydrogen (secondary N) is 1. The van der Waals surface area contributed by atoms with Crippen LogP contribution in [0, 0.1) is 0 Å². The van der Waals surface area contributed by atoms with E-state index in [2.05, 4.69) is 10.3 Å². The van der Waals surface area contributed by atoms with Crippen molar-refractivity contribution in [1.29, 1.82) is 0 Å². The van der Waals surface area contributed by atoms with Crippen molar-refractivity contribution in [1.82, 2.24) is 15.2 Å². The van der Waals surface area contributed by atoms with Crippen LogP contribution in [0.4, 0.5) is 0 Å². The van der Waals surface area contributed by atoms with Gasteiger partial charge in [-0.05, 0) is 43.7 Å². The average Bonchev–Trinajstić information content (AvgIpc) is 2.56. The van der Waals surface area contributed by atoms with Crippen molar-refractivity contribution in [2.24, 2.45) is 0 Å². The van der Waals surface area contributed by atoms with E-state index in [0.29, 0.717) is 19.5 Å². The largest absolute Gasteiger partial charge is 0.354 e. The SMILES string of the molecule is CCCC(=O)N1CCCC[C@@H]1C(=O)NCCc1cccnc1. The fourth-order valence-electron chi connectivity index (χ4n) is 2.85. The number of likely N-dealkylation sites (tertiary alicyclic amines) is 1. The van der Waals surface area contributed by atoms with E-state index in [4.69, 9.17) is 0 Å². The van der Waals surface area contributed by atoms with Crippen molar-refractivity contribution in [2.45, 2.75) is 51.5 Å². The number of amides is 2. The Kier molecular flexibility index (Phi) is 6.37. The highest BCUT2D eigenvalue weighted by molar-refractivity contribution is 5.87. The molecule has 1 fully saturated rings. The second-order valence-corrected chi connectivity index (χ2v) is 5.75. The zero-order valence-corrected chi connectivity index (χ0v) is 13.3. The van der Waals surface area contributed by atoms with Gasteiger partial charge in [-0.25, -0.2) is 0 Å². The minimum absolute atomic E-state index is 0.0203. The van der Waals surface area contributed by atoms with Crippen LogP contribution in [0.25, 0.3) is 0 Å². The van der Waals surface area contributed by atoms with E-state index >= 15 is 0 Å². The maximum Gasteiger partial charge on any atom is 0.242 e. The van der Waals surface area contributed by atoms with Crippen molar-refractivity contribution >= 4 is 11.8 Å². The first kappa shape index (κ1) is 16.5. The monoisotopic (exact) mass is 303 g/mol. The van der Waals surface area contributed by atoms with E-state index in [0.717, 1.165) is 37.7 Å². The molecular weight excluding hydrogens is 278 g/mol. The first-order chi connectivity index (χ1) is 10.7. The highest BCUT2D eigenvalue weighted by Gasteiger charge is 2.31. The molecule has 22 heavy (non-hydrogen) atoms. The number of carbonyl (C=O) groups excluding carboxylic acids is 2. The number of carbonyl (C=O) groups is 2. The van der Waals surface area contributed by atoms with Gasteiger partial charge in [0.15, 0.2) is 0 Å². The van der Waals surface area contributed by atoms with Crippen LogP contribution in [-0.4, -0.2) is 40.8 Å². The first-order valence-corrected chi connectivity index (χ1v) is 8.18. The standard InChI is InChI=1S/C17H25N3O2/c1-2-6-16(21)20-12-4-3-8-15(20)17(22)19-11-9-14-7-5-10-18-13-14/h5,7,10,13,15H,2-4,6,8-9,11-12H2,1H3,(H,19,22)/t15-/m1/s1. The summed E-state index contributed by atoms with van der Waals surface area (Å²) in [6, 6.07) is 3.60. The van der Waals surface area contributed by atoms with Crippen molar-refractivity contribution in [2.75, 3.05) is 13.1 Å². The zero-order valence-electron chi connectivity index (χ0n) is 13.3. The molecular formula is C17H25N3O2. The summed E-state index contributed by atoms with van der Waals surface area (Å²) in [7, 11) is 0. The van der Waals surface area contributed by atoms with Gasteiger partial charge >= 0.3 is 0 Å². The van der Waals surface area contributed by atoms with E-state index in [1.54, 1.807) is 11.1 Å². The van der Waals surface area contributed by atoms with Crippen molar-refractivity contribution < 1.29 is 9.59 Å². The molecule has 0 saturated carbocycles. The van der Waals surface area contributed by atoms with Gasteiger partial charge in [-0.15, -0.1) is 0 Å². The number of piperidine rings is 1. The molecule has 0 spiro atoms. The number of rotatable bonds is 6. The summed E-state index contributed by atoms with van der Waals surface area (Å²) in [6.45, 7) is 3.28. The van der Waals surface area contributed by atoms with Gasteiger partial charge < -0.3 is 10.2 Å². The van der Waals surface area contributed by atoms with Gasteiger partial charge in [-0.3, -0.25) is 14.6 Å². The summed E-state index contributed by atoms with van der Waals surface area (Å²) in [5.74, 6) is 0.0858. The van der Waals surface area contributed by atoms with E-state index in [9.17, 15) is 9.59 Å². The Balaban J connectivity index is 1.85. The smallest absolute Gasteiger partial charge is 0.242 e. The molecule has 0 bridgehead atoms. The molecule has 2 heterocycles. The molecule has 1 saturated heterocycles. The van der Waals surface area contributed by atoms with Crippen molar-refractivity contribution in [3.05, 3.63) is 30.1 Å². The lowest BCUT2D eigenvalue weighted by Gasteiger charge is -2.34. The topological polar surface area (TPSA) is 62.3 Å². The minimum Gasteiger partial charge on any atom is -0.354 e. The van der Waals surface area contributed by atoms with Gasteiger partial charge in [0.25, 0.3) is 0 Å². The fourth-order valence-corrected chi connectivity index (χ4v) is 2.85. The Bertz CT molecular complexity index is 490. The number of hydrogen-bond donors (Lipinski definition) is 1. The molecule has 1 aromatic rings. The molecule has 5 nitrogen and oxygen atoms in total. The van der Waals surface area contributed by atoms with Crippen LogP contribution in [-0.2, 0) is 16.0 Å². The third-order valence-corrected chi connectivity index (χ3v) is 4.03. The summed E-state index contributed by atoms with van der Waals surface area (Å²) in [6.07, 6.45) is 8.43. The van der Waals surface area contributed by atoms with Gasteiger partial charge in [0.2, 0.25) is 11.8 Å². The quantitative estimate of drug-likeness (QED) is 0.873. The van der Waals surface area contributed by atoms with E-state index in [1.165, 1.54) is 0 Å². The van der Waals surface area contributed by atoms with Gasteiger partial charge in [0.1, 0.15) is 6.04 Å². The number of pyridine rings is 1. The Morgan fingerprint density at radius 1 is 1.41 bits per heavy atom.